The number of allylic oxidation sites excluding steroid dienone is 4. The topological polar surface area (TPSA) is 83.6 Å². The number of hydrogen-bond acceptors (Lipinski definition) is 8. The Bertz CT molecular complexity index is 1190. The smallest absolute Gasteiger partial charge is 0.385 e. The minimum atomic E-state index is -4.62. The second-order valence-electron chi connectivity index (χ2n) is 8.35. The van der Waals surface area contributed by atoms with Crippen LogP contribution in [-0.4, -0.2) is 78.5 Å². The van der Waals surface area contributed by atoms with Gasteiger partial charge in [0.2, 0.25) is 11.9 Å². The van der Waals surface area contributed by atoms with Crippen LogP contribution in [0.4, 0.5) is 33.8 Å². The van der Waals surface area contributed by atoms with Crippen molar-refractivity contribution in [3.05, 3.63) is 66.0 Å². The lowest BCUT2D eigenvalue weighted by Gasteiger charge is -2.37. The summed E-state index contributed by atoms with van der Waals surface area (Å²) >= 11 is 0. The Morgan fingerprint density at radius 3 is 2.11 bits per heavy atom. The van der Waals surface area contributed by atoms with Gasteiger partial charge in [-0.1, -0.05) is 18.7 Å². The summed E-state index contributed by atoms with van der Waals surface area (Å²) < 4.78 is 73.4. The molecule has 0 unspecified atom stereocenters. The first-order valence-corrected chi connectivity index (χ1v) is 11.6. The molecule has 8 nitrogen and oxygen atoms in total. The van der Waals surface area contributed by atoms with Gasteiger partial charge in [0.1, 0.15) is 5.82 Å². The molecular formula is C24H26F5N7O. The molecule has 3 heterocycles. The van der Waals surface area contributed by atoms with Crippen molar-refractivity contribution in [1.29, 1.82) is 0 Å². The number of anilines is 2. The number of hydrogen-bond donors (Lipinski definition) is 1. The van der Waals surface area contributed by atoms with E-state index in [4.69, 9.17) is 10.5 Å². The van der Waals surface area contributed by atoms with Crippen molar-refractivity contribution < 1.29 is 26.7 Å². The van der Waals surface area contributed by atoms with Gasteiger partial charge in [-0.05, 0) is 24.3 Å². The quantitative estimate of drug-likeness (QED) is 0.457. The summed E-state index contributed by atoms with van der Waals surface area (Å²) in [6.07, 6.45) is -1.30. The van der Waals surface area contributed by atoms with Gasteiger partial charge in [-0.3, -0.25) is 0 Å². The number of nitrogens with two attached hydrogens (primary N) is 1. The highest BCUT2D eigenvalue weighted by Gasteiger charge is 2.36. The Balaban J connectivity index is 1.61. The van der Waals surface area contributed by atoms with Gasteiger partial charge in [0.05, 0.1) is 18.8 Å². The molecule has 0 aliphatic carbocycles. The van der Waals surface area contributed by atoms with E-state index < -0.39 is 23.4 Å². The van der Waals surface area contributed by atoms with E-state index in [1.807, 2.05) is 4.90 Å². The van der Waals surface area contributed by atoms with Crippen molar-refractivity contribution in [2.45, 2.75) is 6.18 Å². The molecule has 0 amide bonds. The molecule has 1 aromatic carbocycles. The average molecular weight is 524 g/mol. The van der Waals surface area contributed by atoms with E-state index in [0.29, 0.717) is 32.3 Å². The summed E-state index contributed by atoms with van der Waals surface area (Å²) in [6, 6.07) is 3.38. The van der Waals surface area contributed by atoms with Crippen molar-refractivity contribution in [3.63, 3.8) is 0 Å². The zero-order valence-electron chi connectivity index (χ0n) is 19.9. The normalized spacial score (nSPS) is 17.8. The zero-order valence-corrected chi connectivity index (χ0v) is 19.9. The number of halogens is 5. The Kier molecular flexibility index (Phi) is 7.91. The highest BCUT2D eigenvalue weighted by Crippen LogP contribution is 2.30. The van der Waals surface area contributed by atoms with Gasteiger partial charge in [-0.15, -0.1) is 0 Å². The van der Waals surface area contributed by atoms with E-state index in [1.165, 1.54) is 23.1 Å². The molecule has 1 aromatic heterocycles. The molecule has 37 heavy (non-hydrogen) atoms. The van der Waals surface area contributed by atoms with Gasteiger partial charge in [0.25, 0.3) is 0 Å². The average Bonchev–Trinajstić information content (AvgIpc) is 2.90. The summed E-state index contributed by atoms with van der Waals surface area (Å²) in [4.78, 5) is 18.7. The Morgan fingerprint density at radius 1 is 0.919 bits per heavy atom. The largest absolute Gasteiger partial charge is 0.419 e. The van der Waals surface area contributed by atoms with Crippen LogP contribution >= 0.6 is 0 Å². The Morgan fingerprint density at radius 2 is 1.54 bits per heavy atom. The van der Waals surface area contributed by atoms with Gasteiger partial charge >= 0.3 is 6.18 Å². The molecule has 2 fully saturated rings. The molecule has 2 aliphatic heterocycles. The van der Waals surface area contributed by atoms with Crippen LogP contribution < -0.4 is 15.5 Å². The number of ether oxygens (including phenoxy) is 1. The van der Waals surface area contributed by atoms with Crippen LogP contribution in [0.15, 0.2) is 54.4 Å². The number of nitrogens with zero attached hydrogens (tertiary/aromatic N) is 6. The fourth-order valence-electron chi connectivity index (χ4n) is 3.97. The lowest BCUT2D eigenvalue weighted by molar-refractivity contribution is -0.0903. The number of piperazine rings is 1. The number of alkyl halides is 3. The summed E-state index contributed by atoms with van der Waals surface area (Å²) in [5.74, 6) is -1.62. The summed E-state index contributed by atoms with van der Waals surface area (Å²) in [6.45, 7) is 6.36. The van der Waals surface area contributed by atoms with Gasteiger partial charge < -0.3 is 25.2 Å². The van der Waals surface area contributed by atoms with Gasteiger partial charge in [0.15, 0.2) is 17.5 Å². The first-order valence-electron chi connectivity index (χ1n) is 11.6. The van der Waals surface area contributed by atoms with Crippen LogP contribution in [0.2, 0.25) is 0 Å². The third-order valence-electron chi connectivity index (χ3n) is 5.97. The predicted molar refractivity (Wildman–Crippen MR) is 129 cm³/mol. The minimum Gasteiger partial charge on any atom is -0.385 e. The zero-order chi connectivity index (χ0) is 26.6. The predicted octanol–water partition coefficient (Wildman–Crippen LogP) is 3.25. The highest BCUT2D eigenvalue weighted by atomic mass is 19.4. The molecule has 2 N–H and O–H groups in total. The van der Waals surface area contributed by atoms with Crippen molar-refractivity contribution in [1.82, 2.24) is 19.9 Å². The third kappa shape index (κ3) is 6.16. The Labute approximate surface area is 210 Å². The maximum absolute atomic E-state index is 13.9. The number of aromatic nitrogens is 3. The van der Waals surface area contributed by atoms with Crippen LogP contribution in [0.5, 0.6) is 0 Å². The molecule has 0 radical (unpaired) electrons. The van der Waals surface area contributed by atoms with Crippen LogP contribution in [0.1, 0.15) is 0 Å². The van der Waals surface area contributed by atoms with E-state index in [2.05, 4.69) is 21.5 Å². The monoisotopic (exact) mass is 523 g/mol. The highest BCUT2D eigenvalue weighted by molar-refractivity contribution is 5.59. The first kappa shape index (κ1) is 26.3. The van der Waals surface area contributed by atoms with Crippen LogP contribution in [0.3, 0.4) is 0 Å². The maximum Gasteiger partial charge on any atom is 0.419 e. The van der Waals surface area contributed by atoms with Gasteiger partial charge in [-0.2, -0.15) is 28.1 Å². The van der Waals surface area contributed by atoms with Crippen LogP contribution in [0.25, 0.3) is 11.4 Å². The fourth-order valence-corrected chi connectivity index (χ4v) is 3.97. The summed E-state index contributed by atoms with van der Waals surface area (Å²) in [5, 5.41) is 0. The number of benzene rings is 1. The molecule has 2 aromatic rings. The van der Waals surface area contributed by atoms with E-state index in [-0.39, 0.29) is 49.3 Å². The first-order chi connectivity index (χ1) is 17.7. The fraction of sp³-hybridized carbons (Fsp3) is 0.375. The second kappa shape index (κ2) is 11.1. The van der Waals surface area contributed by atoms with Crippen molar-refractivity contribution in [2.24, 2.45) is 5.73 Å². The maximum atomic E-state index is 13.9. The SMILES string of the molecule is C=C/C=C\C(=C(/N)N1CCN(c2nc(-c3ccc(F)c(F)c3)nc(N3CCOCC3)n2)CC1)C(F)(F)F. The van der Waals surface area contributed by atoms with Crippen LogP contribution in [-0.2, 0) is 4.74 Å². The van der Waals surface area contributed by atoms with E-state index >= 15 is 0 Å². The molecule has 13 heteroatoms. The lowest BCUT2D eigenvalue weighted by Crippen LogP contribution is -2.48. The Hall–Kier alpha value is -3.74. The standard InChI is InChI=1S/C24H26F5N7O/c1-2-3-4-17(24(27,28)29)20(30)34-7-9-35(10-8-34)22-31-21(16-5-6-18(25)19(26)15-16)32-23(33-22)36-11-13-37-14-12-36/h2-6,15H,1,7-14,30H2/b4-3-,20-17-. The van der Waals surface area contributed by atoms with Gasteiger partial charge in [-0.25, -0.2) is 8.78 Å². The van der Waals surface area contributed by atoms with Crippen LogP contribution in [0, 0.1) is 11.6 Å². The molecule has 0 saturated carbocycles. The second-order valence-corrected chi connectivity index (χ2v) is 8.35. The van der Waals surface area contributed by atoms with E-state index in [0.717, 1.165) is 18.2 Å². The van der Waals surface area contributed by atoms with Crippen molar-refractivity contribution in [2.75, 3.05) is 62.3 Å². The molecule has 4 rings (SSSR count). The molecule has 0 spiro atoms. The molecule has 198 valence electrons. The van der Waals surface area contributed by atoms with Gasteiger partial charge in [0, 0.05) is 44.8 Å². The molecule has 0 atom stereocenters. The molecular weight excluding hydrogens is 497 g/mol. The minimum absolute atomic E-state index is 0.154. The third-order valence-corrected chi connectivity index (χ3v) is 5.97. The van der Waals surface area contributed by atoms with Crippen molar-refractivity contribution in [3.8, 4) is 11.4 Å². The molecule has 0 bridgehead atoms. The summed E-state index contributed by atoms with van der Waals surface area (Å²) in [7, 11) is 0. The lowest BCUT2D eigenvalue weighted by atomic mass is 10.2. The van der Waals surface area contributed by atoms with E-state index in [1.54, 1.807) is 4.90 Å². The number of rotatable bonds is 6. The van der Waals surface area contributed by atoms with Crippen molar-refractivity contribution >= 4 is 11.9 Å². The van der Waals surface area contributed by atoms with E-state index in [9.17, 15) is 22.0 Å². The molecule has 2 aliphatic rings. The number of morpholine rings is 1. The molecule has 2 saturated heterocycles. The summed E-state index contributed by atoms with van der Waals surface area (Å²) in [5.41, 5.74) is 5.23.